The minimum Gasteiger partial charge on any atom is -0.480 e. The highest BCUT2D eigenvalue weighted by Crippen LogP contribution is 1.96. The molecule has 0 aliphatic carbocycles. The molecule has 21 heavy (non-hydrogen) atoms. The van der Waals surface area contributed by atoms with Crippen molar-refractivity contribution in [2.45, 2.75) is 19.0 Å². The molecule has 0 fully saturated rings. The van der Waals surface area contributed by atoms with E-state index in [1.165, 1.54) is 19.2 Å². The zero-order valence-electron chi connectivity index (χ0n) is 11.4. The van der Waals surface area contributed by atoms with Gasteiger partial charge in [0.1, 0.15) is 11.7 Å². The SMILES string of the molecule is C#CCC(NC(=O)c1ccc(=O)n(CCOC)n1)C(=O)O. The predicted molar refractivity (Wildman–Crippen MR) is 72.7 cm³/mol. The number of nitrogens with one attached hydrogen (secondary N) is 1. The van der Waals surface area contributed by atoms with Gasteiger partial charge in [0.15, 0.2) is 0 Å². The molecular weight excluding hydrogens is 278 g/mol. The maximum atomic E-state index is 11.9. The number of ether oxygens (including phenoxy) is 1. The summed E-state index contributed by atoms with van der Waals surface area (Å²) in [6.45, 7) is 0.440. The molecule has 0 aromatic carbocycles. The fourth-order valence-electron chi connectivity index (χ4n) is 1.46. The van der Waals surface area contributed by atoms with Crippen LogP contribution in [0.1, 0.15) is 16.9 Å². The Morgan fingerprint density at radius 1 is 1.57 bits per heavy atom. The number of nitrogens with zero attached hydrogens (tertiary/aromatic N) is 2. The molecular formula is C13H15N3O5. The predicted octanol–water partition coefficient (Wildman–Crippen LogP) is -0.904. The monoisotopic (exact) mass is 293 g/mol. The van der Waals surface area contributed by atoms with Gasteiger partial charge >= 0.3 is 5.97 Å². The molecule has 2 N–H and O–H groups in total. The third-order valence-electron chi connectivity index (χ3n) is 2.53. The van der Waals surface area contributed by atoms with Crippen molar-refractivity contribution in [2.75, 3.05) is 13.7 Å². The van der Waals surface area contributed by atoms with Gasteiger partial charge in [-0.25, -0.2) is 9.48 Å². The van der Waals surface area contributed by atoms with Gasteiger partial charge in [0.2, 0.25) is 0 Å². The highest BCUT2D eigenvalue weighted by molar-refractivity contribution is 5.94. The molecule has 0 saturated carbocycles. The zero-order chi connectivity index (χ0) is 15.8. The van der Waals surface area contributed by atoms with Crippen LogP contribution in [-0.4, -0.2) is 46.5 Å². The van der Waals surface area contributed by atoms with Gasteiger partial charge in [0.25, 0.3) is 11.5 Å². The van der Waals surface area contributed by atoms with Crippen LogP contribution in [0.2, 0.25) is 0 Å². The highest BCUT2D eigenvalue weighted by atomic mass is 16.5. The van der Waals surface area contributed by atoms with E-state index in [-0.39, 0.29) is 30.8 Å². The average molecular weight is 293 g/mol. The van der Waals surface area contributed by atoms with E-state index in [1.54, 1.807) is 0 Å². The lowest BCUT2D eigenvalue weighted by Gasteiger charge is -2.12. The van der Waals surface area contributed by atoms with Gasteiger partial charge in [-0.1, -0.05) is 0 Å². The standard InChI is InChI=1S/C13H15N3O5/c1-3-4-10(13(19)20)14-12(18)9-5-6-11(17)16(15-9)7-8-21-2/h1,5-6,10H,4,7-8H2,2H3,(H,14,18)(H,19,20). The van der Waals surface area contributed by atoms with Crippen molar-refractivity contribution in [3.8, 4) is 12.3 Å². The second-order valence-electron chi connectivity index (χ2n) is 4.05. The number of carbonyl (C=O) groups is 2. The van der Waals surface area contributed by atoms with E-state index in [4.69, 9.17) is 16.3 Å². The zero-order valence-corrected chi connectivity index (χ0v) is 11.4. The number of aromatic nitrogens is 2. The Balaban J connectivity index is 2.89. The number of carbonyl (C=O) groups excluding carboxylic acids is 1. The van der Waals surface area contributed by atoms with Gasteiger partial charge in [-0.15, -0.1) is 12.3 Å². The van der Waals surface area contributed by atoms with Gasteiger partial charge < -0.3 is 15.2 Å². The van der Waals surface area contributed by atoms with Crippen molar-refractivity contribution in [1.82, 2.24) is 15.1 Å². The lowest BCUT2D eigenvalue weighted by atomic mass is 10.2. The van der Waals surface area contributed by atoms with E-state index in [0.717, 1.165) is 4.68 Å². The van der Waals surface area contributed by atoms with Crippen molar-refractivity contribution < 1.29 is 19.4 Å². The fourth-order valence-corrected chi connectivity index (χ4v) is 1.46. The molecule has 8 heteroatoms. The molecule has 1 atom stereocenters. The molecule has 112 valence electrons. The summed E-state index contributed by atoms with van der Waals surface area (Å²) < 4.78 is 5.89. The number of aliphatic carboxylic acids is 1. The third kappa shape index (κ3) is 4.74. The lowest BCUT2D eigenvalue weighted by molar-refractivity contribution is -0.139. The second-order valence-corrected chi connectivity index (χ2v) is 4.05. The third-order valence-corrected chi connectivity index (χ3v) is 2.53. The minimum absolute atomic E-state index is 0.0750. The van der Waals surface area contributed by atoms with E-state index in [2.05, 4.69) is 16.3 Å². The summed E-state index contributed by atoms with van der Waals surface area (Å²) in [6, 6.07) is 1.19. The molecule has 0 aliphatic rings. The number of hydrogen-bond acceptors (Lipinski definition) is 5. The lowest BCUT2D eigenvalue weighted by Crippen LogP contribution is -2.41. The minimum atomic E-state index is -1.24. The van der Waals surface area contributed by atoms with Crippen molar-refractivity contribution in [3.05, 3.63) is 28.2 Å². The fraction of sp³-hybridized carbons (Fsp3) is 0.385. The molecule has 0 saturated heterocycles. The summed E-state index contributed by atoms with van der Waals surface area (Å²) in [7, 11) is 1.47. The molecule has 1 aromatic heterocycles. The molecule has 1 heterocycles. The van der Waals surface area contributed by atoms with Gasteiger partial charge in [0, 0.05) is 19.6 Å². The normalized spacial score (nSPS) is 11.4. The summed E-state index contributed by atoms with van der Waals surface area (Å²) in [5.41, 5.74) is -0.462. The first-order valence-electron chi connectivity index (χ1n) is 6.03. The summed E-state index contributed by atoms with van der Waals surface area (Å²) in [4.78, 5) is 34.4. The molecule has 0 aliphatic heterocycles. The van der Waals surface area contributed by atoms with Gasteiger partial charge in [-0.05, 0) is 6.07 Å². The summed E-state index contributed by atoms with van der Waals surface area (Å²) >= 11 is 0. The molecule has 0 spiro atoms. The van der Waals surface area contributed by atoms with Crippen LogP contribution in [0.15, 0.2) is 16.9 Å². The van der Waals surface area contributed by atoms with Crippen LogP contribution in [0.25, 0.3) is 0 Å². The number of methoxy groups -OCH3 is 1. The number of carboxylic acid groups (broad SMARTS) is 1. The van der Waals surface area contributed by atoms with Crippen LogP contribution >= 0.6 is 0 Å². The number of terminal acetylenes is 1. The van der Waals surface area contributed by atoms with Crippen LogP contribution < -0.4 is 10.9 Å². The van der Waals surface area contributed by atoms with Crippen LogP contribution in [0, 0.1) is 12.3 Å². The Kier molecular flexibility index (Phi) is 6.10. The van der Waals surface area contributed by atoms with E-state index in [0.29, 0.717) is 0 Å². The summed E-state index contributed by atoms with van der Waals surface area (Å²) in [5.74, 6) is 0.206. The first kappa shape index (κ1) is 16.4. The van der Waals surface area contributed by atoms with E-state index in [9.17, 15) is 14.4 Å². The van der Waals surface area contributed by atoms with E-state index < -0.39 is 17.9 Å². The number of rotatable bonds is 7. The van der Waals surface area contributed by atoms with Crippen molar-refractivity contribution in [3.63, 3.8) is 0 Å². The van der Waals surface area contributed by atoms with Gasteiger partial charge in [0.05, 0.1) is 13.2 Å². The quantitative estimate of drug-likeness (QED) is 0.630. The Morgan fingerprint density at radius 3 is 2.86 bits per heavy atom. The molecule has 1 amide bonds. The van der Waals surface area contributed by atoms with E-state index >= 15 is 0 Å². The molecule has 0 radical (unpaired) electrons. The number of hydrogen-bond donors (Lipinski definition) is 2. The summed E-state index contributed by atoms with van der Waals surface area (Å²) in [6.07, 6.45) is 4.89. The topological polar surface area (TPSA) is 111 Å². The Bertz CT molecular complexity index is 617. The number of carboxylic acids is 1. The molecule has 1 rings (SSSR count). The molecule has 1 aromatic rings. The molecule has 8 nitrogen and oxygen atoms in total. The van der Waals surface area contributed by atoms with Gasteiger partial charge in [-0.2, -0.15) is 5.10 Å². The maximum Gasteiger partial charge on any atom is 0.327 e. The second kappa shape index (κ2) is 7.81. The van der Waals surface area contributed by atoms with Gasteiger partial charge in [-0.3, -0.25) is 9.59 Å². The van der Waals surface area contributed by atoms with Crippen LogP contribution in [0.3, 0.4) is 0 Å². The highest BCUT2D eigenvalue weighted by Gasteiger charge is 2.20. The Morgan fingerprint density at radius 2 is 2.29 bits per heavy atom. The largest absolute Gasteiger partial charge is 0.480 e. The molecule has 0 bridgehead atoms. The van der Waals surface area contributed by atoms with Crippen molar-refractivity contribution in [2.24, 2.45) is 0 Å². The number of amides is 1. The summed E-state index contributed by atoms with van der Waals surface area (Å²) in [5, 5.41) is 15.0. The van der Waals surface area contributed by atoms with Crippen molar-refractivity contribution in [1.29, 1.82) is 0 Å². The first-order valence-corrected chi connectivity index (χ1v) is 6.03. The first-order chi connectivity index (χ1) is 9.99. The Hall–Kier alpha value is -2.66. The Labute approximate surface area is 120 Å². The van der Waals surface area contributed by atoms with Crippen LogP contribution in [-0.2, 0) is 16.1 Å². The smallest absolute Gasteiger partial charge is 0.327 e. The van der Waals surface area contributed by atoms with Crippen LogP contribution in [0.4, 0.5) is 0 Å². The maximum absolute atomic E-state index is 11.9. The van der Waals surface area contributed by atoms with E-state index in [1.807, 2.05) is 0 Å². The van der Waals surface area contributed by atoms with Crippen LogP contribution in [0.5, 0.6) is 0 Å². The molecule has 1 unspecified atom stereocenters. The average Bonchev–Trinajstić information content (AvgIpc) is 2.45. The van der Waals surface area contributed by atoms with Crippen molar-refractivity contribution >= 4 is 11.9 Å².